The van der Waals surface area contributed by atoms with E-state index in [2.05, 4.69) is 51.5 Å². The first-order valence-corrected chi connectivity index (χ1v) is 10.5. The molecule has 6 nitrogen and oxygen atoms in total. The maximum atomic E-state index is 13.1. The topological polar surface area (TPSA) is 60.5 Å². The fourth-order valence-electron chi connectivity index (χ4n) is 3.42. The van der Waals surface area contributed by atoms with Gasteiger partial charge in [0.25, 0.3) is 5.91 Å². The zero-order chi connectivity index (χ0) is 20.8. The van der Waals surface area contributed by atoms with E-state index in [0.717, 1.165) is 55.2 Å². The third kappa shape index (κ3) is 5.84. The number of amides is 1. The first-order valence-electron chi connectivity index (χ1n) is 10.2. The van der Waals surface area contributed by atoms with Gasteiger partial charge in [0.05, 0.1) is 10.6 Å². The lowest BCUT2D eigenvalue weighted by Gasteiger charge is -2.35. The van der Waals surface area contributed by atoms with Crippen LogP contribution in [0.5, 0.6) is 0 Å². The van der Waals surface area contributed by atoms with Gasteiger partial charge in [-0.25, -0.2) is 4.98 Å². The van der Waals surface area contributed by atoms with Crippen molar-refractivity contribution in [2.45, 2.75) is 26.3 Å². The normalized spacial score (nSPS) is 15.8. The molecule has 156 valence electrons. The minimum atomic E-state index is -0.0275. The average Bonchev–Trinajstić information content (AvgIpc) is 2.73. The van der Waals surface area contributed by atoms with Crippen molar-refractivity contribution < 1.29 is 4.79 Å². The minimum Gasteiger partial charge on any atom is -0.368 e. The first kappa shape index (κ1) is 21.4. The van der Waals surface area contributed by atoms with Gasteiger partial charge in [0, 0.05) is 50.6 Å². The molecule has 7 heteroatoms. The molecule has 2 heterocycles. The molecule has 1 aromatic carbocycles. The molecule has 1 fully saturated rings. The van der Waals surface area contributed by atoms with Crippen molar-refractivity contribution >= 4 is 29.0 Å². The van der Waals surface area contributed by atoms with Crippen LogP contribution in [0.1, 0.15) is 29.3 Å². The van der Waals surface area contributed by atoms with Crippen LogP contribution in [0, 0.1) is 6.92 Å². The van der Waals surface area contributed by atoms with E-state index in [9.17, 15) is 4.79 Å². The lowest BCUT2D eigenvalue weighted by Crippen LogP contribution is -2.45. The number of rotatable bonds is 7. The standard InChI is InChI=1S/C22H30ClN5O/c1-4-18(15-25-21-8-6-17(23)14-24-21)26-22(29)19-13-16(2)5-7-20(19)28-11-9-27(3)10-12-28/h5-8,13-14,18H,4,9-12,15H2,1-3H3,(H,24,25)(H,26,29). The number of nitrogens with zero attached hydrogens (tertiary/aromatic N) is 3. The SMILES string of the molecule is CCC(CNc1ccc(Cl)cn1)NC(=O)c1cc(C)ccc1N1CCN(C)CC1. The highest BCUT2D eigenvalue weighted by Gasteiger charge is 2.21. The molecule has 1 amide bonds. The van der Waals surface area contributed by atoms with Crippen LogP contribution in [0.4, 0.5) is 11.5 Å². The van der Waals surface area contributed by atoms with Crippen LogP contribution in [-0.2, 0) is 0 Å². The molecule has 0 aliphatic carbocycles. The first-order chi connectivity index (χ1) is 14.0. The van der Waals surface area contributed by atoms with Crippen molar-refractivity contribution in [3.63, 3.8) is 0 Å². The van der Waals surface area contributed by atoms with Gasteiger partial charge in [0.1, 0.15) is 5.82 Å². The summed E-state index contributed by atoms with van der Waals surface area (Å²) < 4.78 is 0. The Morgan fingerprint density at radius 1 is 1.21 bits per heavy atom. The predicted octanol–water partition coefficient (Wildman–Crippen LogP) is 3.42. The number of carbonyl (C=O) groups is 1. The van der Waals surface area contributed by atoms with Gasteiger partial charge in [0.15, 0.2) is 0 Å². The zero-order valence-corrected chi connectivity index (χ0v) is 18.2. The largest absolute Gasteiger partial charge is 0.368 e. The second kappa shape index (κ2) is 9.94. The quantitative estimate of drug-likeness (QED) is 0.725. The minimum absolute atomic E-state index is 0.000768. The molecule has 1 unspecified atom stereocenters. The molecule has 1 aromatic heterocycles. The van der Waals surface area contributed by atoms with Crippen molar-refractivity contribution in [2.24, 2.45) is 0 Å². The van der Waals surface area contributed by atoms with E-state index >= 15 is 0 Å². The predicted molar refractivity (Wildman–Crippen MR) is 120 cm³/mol. The van der Waals surface area contributed by atoms with E-state index in [1.807, 2.05) is 19.1 Å². The Morgan fingerprint density at radius 2 is 1.97 bits per heavy atom. The molecule has 0 radical (unpaired) electrons. The van der Waals surface area contributed by atoms with Gasteiger partial charge in [-0.15, -0.1) is 0 Å². The Morgan fingerprint density at radius 3 is 2.62 bits per heavy atom. The number of aromatic nitrogens is 1. The number of pyridine rings is 1. The highest BCUT2D eigenvalue weighted by molar-refractivity contribution is 6.30. The van der Waals surface area contributed by atoms with Crippen molar-refractivity contribution in [1.82, 2.24) is 15.2 Å². The third-order valence-corrected chi connectivity index (χ3v) is 5.55. The Balaban J connectivity index is 1.68. The summed E-state index contributed by atoms with van der Waals surface area (Å²) in [6.45, 7) is 8.57. The van der Waals surface area contributed by atoms with E-state index in [4.69, 9.17) is 11.6 Å². The van der Waals surface area contributed by atoms with Crippen molar-refractivity contribution in [3.05, 3.63) is 52.7 Å². The van der Waals surface area contributed by atoms with Gasteiger partial charge in [-0.1, -0.05) is 30.2 Å². The molecular weight excluding hydrogens is 386 g/mol. The summed E-state index contributed by atoms with van der Waals surface area (Å²) >= 11 is 5.88. The second-order valence-electron chi connectivity index (χ2n) is 7.63. The van der Waals surface area contributed by atoms with Crippen LogP contribution in [0.15, 0.2) is 36.5 Å². The number of halogens is 1. The highest BCUT2D eigenvalue weighted by Crippen LogP contribution is 2.23. The lowest BCUT2D eigenvalue weighted by atomic mass is 10.1. The Kier molecular flexibility index (Phi) is 7.34. The van der Waals surface area contributed by atoms with Crippen LogP contribution >= 0.6 is 11.6 Å². The molecular formula is C22H30ClN5O. The molecule has 0 spiro atoms. The van der Waals surface area contributed by atoms with Crippen molar-refractivity contribution in [1.29, 1.82) is 0 Å². The van der Waals surface area contributed by atoms with Gasteiger partial charge in [-0.05, 0) is 44.7 Å². The van der Waals surface area contributed by atoms with Gasteiger partial charge >= 0.3 is 0 Å². The molecule has 0 bridgehead atoms. The van der Waals surface area contributed by atoms with E-state index in [1.54, 1.807) is 12.3 Å². The molecule has 29 heavy (non-hydrogen) atoms. The molecule has 1 atom stereocenters. The molecule has 0 saturated carbocycles. The van der Waals surface area contributed by atoms with E-state index in [-0.39, 0.29) is 11.9 Å². The maximum Gasteiger partial charge on any atom is 0.253 e. The summed E-state index contributed by atoms with van der Waals surface area (Å²) in [4.78, 5) is 22.0. The highest BCUT2D eigenvalue weighted by atomic mass is 35.5. The Bertz CT molecular complexity index is 818. The molecule has 1 saturated heterocycles. The summed E-state index contributed by atoms with van der Waals surface area (Å²) in [5, 5.41) is 7.06. The van der Waals surface area contributed by atoms with E-state index in [0.29, 0.717) is 11.6 Å². The molecule has 1 aliphatic rings. The summed E-state index contributed by atoms with van der Waals surface area (Å²) in [5.74, 6) is 0.719. The molecule has 2 aromatic rings. The van der Waals surface area contributed by atoms with Gasteiger partial charge in [-0.3, -0.25) is 4.79 Å². The Hall–Kier alpha value is -2.31. The molecule has 3 rings (SSSR count). The third-order valence-electron chi connectivity index (χ3n) is 5.33. The van der Waals surface area contributed by atoms with E-state index in [1.165, 1.54) is 0 Å². The van der Waals surface area contributed by atoms with Crippen LogP contribution < -0.4 is 15.5 Å². The fourth-order valence-corrected chi connectivity index (χ4v) is 3.54. The number of benzene rings is 1. The van der Waals surface area contributed by atoms with Crippen molar-refractivity contribution in [3.8, 4) is 0 Å². The number of hydrogen-bond acceptors (Lipinski definition) is 5. The van der Waals surface area contributed by atoms with Crippen LogP contribution in [0.3, 0.4) is 0 Å². The molecule has 1 aliphatic heterocycles. The summed E-state index contributed by atoms with van der Waals surface area (Å²) in [7, 11) is 2.13. The van der Waals surface area contributed by atoms with Crippen LogP contribution in [0.25, 0.3) is 0 Å². The maximum absolute atomic E-state index is 13.1. The smallest absolute Gasteiger partial charge is 0.253 e. The van der Waals surface area contributed by atoms with Crippen molar-refractivity contribution in [2.75, 3.05) is 50.0 Å². The van der Waals surface area contributed by atoms with Crippen LogP contribution in [0.2, 0.25) is 5.02 Å². The van der Waals surface area contributed by atoms with Gasteiger partial charge < -0.3 is 20.4 Å². The number of hydrogen-bond donors (Lipinski definition) is 2. The lowest BCUT2D eigenvalue weighted by molar-refractivity contribution is 0.0938. The number of carbonyl (C=O) groups excluding carboxylic acids is 1. The summed E-state index contributed by atoms with van der Waals surface area (Å²) in [6, 6.07) is 9.78. The van der Waals surface area contributed by atoms with Gasteiger partial charge in [0.2, 0.25) is 0 Å². The zero-order valence-electron chi connectivity index (χ0n) is 17.4. The number of likely N-dealkylation sites (N-methyl/N-ethyl adjacent to an activating group) is 1. The number of nitrogens with one attached hydrogen (secondary N) is 2. The van der Waals surface area contributed by atoms with Crippen LogP contribution in [-0.4, -0.2) is 61.6 Å². The monoisotopic (exact) mass is 415 g/mol. The van der Waals surface area contributed by atoms with E-state index < -0.39 is 0 Å². The number of piperazine rings is 1. The average molecular weight is 416 g/mol. The number of anilines is 2. The van der Waals surface area contributed by atoms with Gasteiger partial charge in [-0.2, -0.15) is 0 Å². The second-order valence-corrected chi connectivity index (χ2v) is 8.07. The number of aryl methyl sites for hydroxylation is 1. The fraction of sp³-hybridized carbons (Fsp3) is 0.455. The molecule has 2 N–H and O–H groups in total. The summed E-state index contributed by atoms with van der Waals surface area (Å²) in [6.07, 6.45) is 2.43. The Labute approximate surface area is 178 Å². The summed E-state index contributed by atoms with van der Waals surface area (Å²) in [5.41, 5.74) is 2.85.